The van der Waals surface area contributed by atoms with Gasteiger partial charge < -0.3 is 5.32 Å². The number of sulfonamides is 1. The number of anilines is 1. The van der Waals surface area contributed by atoms with Crippen LogP contribution in [0.25, 0.3) is 16.5 Å². The number of fused-ring (bicyclic) bond motifs is 1. The normalized spacial score (nSPS) is 17.2. The maximum atomic E-state index is 13.2. The van der Waals surface area contributed by atoms with Gasteiger partial charge in [0.05, 0.1) is 16.5 Å². The van der Waals surface area contributed by atoms with Gasteiger partial charge in [0, 0.05) is 24.2 Å². The van der Waals surface area contributed by atoms with Gasteiger partial charge in [-0.2, -0.15) is 4.31 Å². The van der Waals surface area contributed by atoms with E-state index >= 15 is 0 Å². The second kappa shape index (κ2) is 8.72. The Morgan fingerprint density at radius 1 is 1.00 bits per heavy atom. The molecule has 1 saturated heterocycles. The summed E-state index contributed by atoms with van der Waals surface area (Å²) in [7, 11) is -3.73. The molecule has 1 aromatic heterocycles. The summed E-state index contributed by atoms with van der Waals surface area (Å²) in [4.78, 5) is 13.2. The number of carbonyl (C=O) groups is 1. The standard InChI is InChI=1S/C23H22N6O3S/c30-23(25-22-9-3-6-17-5-1-2-8-21(17)22)18-7-4-14-28(15-18)33(31,32)20-12-10-19(11-13-20)29-16-24-26-27-29/h1-3,5-6,8-13,16,18H,4,7,14-15H2,(H,25,30)/t18-/m1/s1. The Balaban J connectivity index is 1.32. The molecule has 5 rings (SSSR count). The molecule has 0 radical (unpaired) electrons. The summed E-state index contributed by atoms with van der Waals surface area (Å²) in [5.41, 5.74) is 1.39. The van der Waals surface area contributed by atoms with Crippen LogP contribution in [0.15, 0.2) is 78.0 Å². The predicted molar refractivity (Wildman–Crippen MR) is 123 cm³/mol. The highest BCUT2D eigenvalue weighted by atomic mass is 32.2. The fourth-order valence-corrected chi connectivity index (χ4v) is 5.67. The van der Waals surface area contributed by atoms with E-state index in [1.54, 1.807) is 12.1 Å². The number of rotatable bonds is 5. The molecule has 33 heavy (non-hydrogen) atoms. The van der Waals surface area contributed by atoms with Crippen LogP contribution in [0, 0.1) is 5.92 Å². The monoisotopic (exact) mass is 462 g/mol. The number of benzene rings is 3. The molecule has 1 aliphatic heterocycles. The fraction of sp³-hybridized carbons (Fsp3) is 0.217. The molecule has 1 atom stereocenters. The van der Waals surface area contributed by atoms with E-state index in [1.807, 2.05) is 42.5 Å². The van der Waals surface area contributed by atoms with Crippen LogP contribution in [0.4, 0.5) is 5.69 Å². The molecule has 1 aliphatic rings. The minimum atomic E-state index is -3.73. The summed E-state index contributed by atoms with van der Waals surface area (Å²) in [6.07, 6.45) is 2.70. The first-order valence-corrected chi connectivity index (χ1v) is 12.1. The summed E-state index contributed by atoms with van der Waals surface area (Å²) < 4.78 is 29.3. The molecule has 0 spiro atoms. The van der Waals surface area contributed by atoms with Gasteiger partial charge in [-0.25, -0.2) is 13.1 Å². The molecule has 1 amide bonds. The van der Waals surface area contributed by atoms with E-state index in [-0.39, 0.29) is 17.3 Å². The van der Waals surface area contributed by atoms with Gasteiger partial charge in [0.1, 0.15) is 6.33 Å². The average Bonchev–Trinajstić information content (AvgIpc) is 3.40. The number of aromatic nitrogens is 4. The van der Waals surface area contributed by atoms with Gasteiger partial charge in [0.25, 0.3) is 0 Å². The molecular formula is C23H22N6O3S. The van der Waals surface area contributed by atoms with E-state index in [0.29, 0.717) is 25.1 Å². The average molecular weight is 463 g/mol. The topological polar surface area (TPSA) is 110 Å². The first-order valence-electron chi connectivity index (χ1n) is 10.6. The first-order chi connectivity index (χ1) is 16.0. The summed E-state index contributed by atoms with van der Waals surface area (Å²) in [5, 5.41) is 16.0. The van der Waals surface area contributed by atoms with Crippen LogP contribution in [-0.4, -0.2) is 51.9 Å². The van der Waals surface area contributed by atoms with Crippen molar-refractivity contribution < 1.29 is 13.2 Å². The largest absolute Gasteiger partial charge is 0.325 e. The Morgan fingerprint density at radius 3 is 2.58 bits per heavy atom. The van der Waals surface area contributed by atoms with E-state index in [4.69, 9.17) is 0 Å². The van der Waals surface area contributed by atoms with Crippen LogP contribution in [0.3, 0.4) is 0 Å². The molecule has 0 bridgehead atoms. The molecule has 0 unspecified atom stereocenters. The minimum Gasteiger partial charge on any atom is -0.325 e. The lowest BCUT2D eigenvalue weighted by molar-refractivity contribution is -0.120. The van der Waals surface area contributed by atoms with Gasteiger partial charge in [0.15, 0.2) is 0 Å². The van der Waals surface area contributed by atoms with Crippen molar-refractivity contribution in [3.8, 4) is 5.69 Å². The molecule has 3 aromatic carbocycles. The first kappa shape index (κ1) is 21.2. The number of tetrazole rings is 1. The van der Waals surface area contributed by atoms with E-state index in [0.717, 1.165) is 16.5 Å². The third-order valence-electron chi connectivity index (χ3n) is 5.89. The second-order valence-electron chi connectivity index (χ2n) is 7.97. The number of nitrogens with one attached hydrogen (secondary N) is 1. The number of piperidine rings is 1. The number of amides is 1. The number of nitrogens with zero attached hydrogens (tertiary/aromatic N) is 5. The molecule has 1 N–H and O–H groups in total. The van der Waals surface area contributed by atoms with Gasteiger partial charge in [-0.1, -0.05) is 36.4 Å². The fourth-order valence-electron chi connectivity index (χ4n) is 4.14. The van der Waals surface area contributed by atoms with Crippen molar-refractivity contribution in [1.29, 1.82) is 0 Å². The smallest absolute Gasteiger partial charge is 0.243 e. The summed E-state index contributed by atoms with van der Waals surface area (Å²) in [5.74, 6) is -0.590. The summed E-state index contributed by atoms with van der Waals surface area (Å²) in [6.45, 7) is 0.531. The quantitative estimate of drug-likeness (QED) is 0.488. The van der Waals surface area contributed by atoms with Gasteiger partial charge >= 0.3 is 0 Å². The lowest BCUT2D eigenvalue weighted by atomic mass is 9.98. The summed E-state index contributed by atoms with van der Waals surface area (Å²) >= 11 is 0. The van der Waals surface area contributed by atoms with Crippen molar-refractivity contribution >= 4 is 32.4 Å². The number of carbonyl (C=O) groups excluding carboxylic acids is 1. The molecule has 9 nitrogen and oxygen atoms in total. The van der Waals surface area contributed by atoms with E-state index < -0.39 is 15.9 Å². The summed E-state index contributed by atoms with van der Waals surface area (Å²) in [6, 6.07) is 20.0. The molecule has 168 valence electrons. The predicted octanol–water partition coefficient (Wildman–Crippen LogP) is 2.85. The number of hydrogen-bond acceptors (Lipinski definition) is 6. The van der Waals surface area contributed by atoms with Crippen LogP contribution in [0.1, 0.15) is 12.8 Å². The van der Waals surface area contributed by atoms with Crippen LogP contribution >= 0.6 is 0 Å². The Labute approximate surface area is 191 Å². The molecule has 0 aliphatic carbocycles. The van der Waals surface area contributed by atoms with E-state index in [9.17, 15) is 13.2 Å². The molecular weight excluding hydrogens is 440 g/mol. The lowest BCUT2D eigenvalue weighted by Crippen LogP contribution is -2.43. The van der Waals surface area contributed by atoms with E-state index in [2.05, 4.69) is 20.8 Å². The molecule has 0 saturated carbocycles. The SMILES string of the molecule is O=C(Nc1cccc2ccccc12)[C@@H]1CCCN(S(=O)(=O)c2ccc(-n3cnnn3)cc2)C1. The van der Waals surface area contributed by atoms with Gasteiger partial charge in [-0.3, -0.25) is 4.79 Å². The van der Waals surface area contributed by atoms with Crippen molar-refractivity contribution in [2.75, 3.05) is 18.4 Å². The molecule has 4 aromatic rings. The zero-order valence-electron chi connectivity index (χ0n) is 17.7. The van der Waals surface area contributed by atoms with Crippen molar-refractivity contribution in [3.63, 3.8) is 0 Å². The van der Waals surface area contributed by atoms with E-state index in [1.165, 1.54) is 27.4 Å². The van der Waals surface area contributed by atoms with Crippen molar-refractivity contribution in [3.05, 3.63) is 73.1 Å². The second-order valence-corrected chi connectivity index (χ2v) is 9.90. The maximum absolute atomic E-state index is 13.2. The molecule has 2 heterocycles. The highest BCUT2D eigenvalue weighted by Crippen LogP contribution is 2.27. The van der Waals surface area contributed by atoms with Gasteiger partial charge in [0.2, 0.25) is 15.9 Å². The third-order valence-corrected chi connectivity index (χ3v) is 7.77. The van der Waals surface area contributed by atoms with Crippen LogP contribution in [0.2, 0.25) is 0 Å². The molecule has 1 fully saturated rings. The van der Waals surface area contributed by atoms with Crippen molar-refractivity contribution in [2.24, 2.45) is 5.92 Å². The Hall–Kier alpha value is -3.63. The highest BCUT2D eigenvalue weighted by molar-refractivity contribution is 7.89. The van der Waals surface area contributed by atoms with Gasteiger partial charge in [-0.15, -0.1) is 5.10 Å². The van der Waals surface area contributed by atoms with Crippen LogP contribution in [-0.2, 0) is 14.8 Å². The zero-order valence-corrected chi connectivity index (χ0v) is 18.5. The zero-order chi connectivity index (χ0) is 22.8. The van der Waals surface area contributed by atoms with Crippen molar-refractivity contribution in [2.45, 2.75) is 17.7 Å². The van der Waals surface area contributed by atoms with Crippen LogP contribution in [0.5, 0.6) is 0 Å². The van der Waals surface area contributed by atoms with Crippen LogP contribution < -0.4 is 5.32 Å². The third kappa shape index (κ3) is 4.22. The minimum absolute atomic E-state index is 0.147. The Morgan fingerprint density at radius 2 is 1.79 bits per heavy atom. The maximum Gasteiger partial charge on any atom is 0.243 e. The molecule has 10 heteroatoms. The number of hydrogen-bond donors (Lipinski definition) is 1. The highest BCUT2D eigenvalue weighted by Gasteiger charge is 2.33. The Kier molecular flexibility index (Phi) is 5.61. The van der Waals surface area contributed by atoms with Crippen molar-refractivity contribution in [1.82, 2.24) is 24.5 Å². The van der Waals surface area contributed by atoms with Gasteiger partial charge in [-0.05, 0) is 59.0 Å². The Bertz CT molecular complexity index is 1380. The lowest BCUT2D eigenvalue weighted by Gasteiger charge is -2.31.